The summed E-state index contributed by atoms with van der Waals surface area (Å²) < 4.78 is 53.1. The highest BCUT2D eigenvalue weighted by Gasteiger charge is 2.30. The maximum absolute atomic E-state index is 13.6. The highest BCUT2D eigenvalue weighted by atomic mass is 19.1. The molecule has 18 heteroatoms. The molecule has 69 heavy (non-hydrogen) atoms. The smallest absolute Gasteiger partial charge is 0.360 e. The first-order valence-electron chi connectivity index (χ1n) is 21.9. The molecule has 0 unspecified atom stereocenters. The number of methoxy groups -OCH3 is 2. The molecule has 7 aromatic rings. The number of benzene rings is 3. The summed E-state index contributed by atoms with van der Waals surface area (Å²) in [6.07, 6.45) is 4.10. The molecule has 2 amide bonds. The lowest BCUT2D eigenvalue weighted by atomic mass is 10.0. The molecule has 354 valence electrons. The van der Waals surface area contributed by atoms with Crippen molar-refractivity contribution in [2.75, 3.05) is 66.8 Å². The number of esters is 2. The Balaban J connectivity index is 0.000000190. The Bertz CT molecular complexity index is 3000. The molecule has 9 rings (SSSR count). The number of ether oxygens (including phenoxy) is 5. The van der Waals surface area contributed by atoms with E-state index in [4.69, 9.17) is 23.7 Å². The molecular weight excluding hydrogens is 895 g/mol. The molecule has 0 bridgehead atoms. The van der Waals surface area contributed by atoms with Crippen LogP contribution in [0.5, 0.6) is 11.5 Å². The van der Waals surface area contributed by atoms with Crippen molar-refractivity contribution in [2.24, 2.45) is 0 Å². The van der Waals surface area contributed by atoms with Gasteiger partial charge in [-0.3, -0.25) is 19.6 Å². The van der Waals surface area contributed by atoms with Crippen LogP contribution in [0.3, 0.4) is 0 Å². The zero-order valence-corrected chi connectivity index (χ0v) is 37.7. The van der Waals surface area contributed by atoms with Gasteiger partial charge in [0.1, 0.15) is 40.7 Å². The summed E-state index contributed by atoms with van der Waals surface area (Å²) in [7, 11) is 2.41. The van der Waals surface area contributed by atoms with Gasteiger partial charge in [0.25, 0.3) is 11.8 Å². The van der Waals surface area contributed by atoms with Gasteiger partial charge in [0.05, 0.1) is 40.6 Å². The molecule has 2 aliphatic rings. The van der Waals surface area contributed by atoms with Crippen molar-refractivity contribution in [1.82, 2.24) is 29.7 Å². The van der Waals surface area contributed by atoms with Crippen molar-refractivity contribution in [3.05, 3.63) is 166 Å². The molecule has 0 spiro atoms. The summed E-state index contributed by atoms with van der Waals surface area (Å²) in [5.41, 5.74) is 4.16. The number of pyridine rings is 4. The fourth-order valence-corrected chi connectivity index (χ4v) is 7.79. The number of aromatic hydroxyl groups is 1. The summed E-state index contributed by atoms with van der Waals surface area (Å²) in [4.78, 5) is 72.5. The number of morpholine rings is 2. The van der Waals surface area contributed by atoms with E-state index in [-0.39, 0.29) is 64.1 Å². The second-order valence-corrected chi connectivity index (χ2v) is 15.9. The maximum Gasteiger partial charge on any atom is 0.360 e. The predicted molar refractivity (Wildman–Crippen MR) is 246 cm³/mol. The highest BCUT2D eigenvalue weighted by Crippen LogP contribution is 2.33. The van der Waals surface area contributed by atoms with Gasteiger partial charge in [0.15, 0.2) is 22.9 Å². The molecule has 6 heterocycles. The average Bonchev–Trinajstić information content (AvgIpc) is 3.39. The minimum Gasteiger partial charge on any atom is -0.504 e. The van der Waals surface area contributed by atoms with Crippen LogP contribution >= 0.6 is 0 Å². The van der Waals surface area contributed by atoms with Gasteiger partial charge in [0.2, 0.25) is 0 Å². The number of amides is 2. The second kappa shape index (κ2) is 21.8. The molecule has 2 fully saturated rings. The van der Waals surface area contributed by atoms with Crippen LogP contribution in [0.2, 0.25) is 0 Å². The molecule has 0 radical (unpaired) electrons. The van der Waals surface area contributed by atoms with Crippen LogP contribution in [0.25, 0.3) is 21.8 Å². The lowest BCUT2D eigenvalue weighted by Crippen LogP contribution is -2.41. The maximum atomic E-state index is 13.6. The van der Waals surface area contributed by atoms with Crippen molar-refractivity contribution in [2.45, 2.75) is 19.4 Å². The van der Waals surface area contributed by atoms with Gasteiger partial charge in [-0.1, -0.05) is 54.6 Å². The Morgan fingerprint density at radius 2 is 1.03 bits per heavy atom. The quantitative estimate of drug-likeness (QED) is 0.138. The molecule has 16 nitrogen and oxygen atoms in total. The van der Waals surface area contributed by atoms with Crippen molar-refractivity contribution in [1.29, 1.82) is 0 Å². The van der Waals surface area contributed by atoms with Crippen molar-refractivity contribution in [3.8, 4) is 11.5 Å². The van der Waals surface area contributed by atoms with Gasteiger partial charge in [-0.25, -0.2) is 28.3 Å². The molecule has 4 aromatic heterocycles. The fourth-order valence-electron chi connectivity index (χ4n) is 7.79. The number of carbonyl (C=O) groups excluding carboxylic acids is 4. The van der Waals surface area contributed by atoms with Gasteiger partial charge >= 0.3 is 11.9 Å². The summed E-state index contributed by atoms with van der Waals surface area (Å²) >= 11 is 0. The Hall–Kier alpha value is -7.96. The van der Waals surface area contributed by atoms with E-state index in [9.17, 15) is 33.1 Å². The van der Waals surface area contributed by atoms with Crippen LogP contribution in [0.1, 0.15) is 69.8 Å². The van der Waals surface area contributed by atoms with E-state index in [0.717, 1.165) is 34.9 Å². The standard InChI is InChI=1S/C29H26FN3O5.C22H20FN3O5/c1-36-29(35)26-27(38-18-20-5-3-2-4-6-20)24-23(25(32-26)28(34)33-11-13-37-14-12-33)16-21(17-31-24)15-19-7-9-22(30)10-8-19;1-30-22(29)19-20(27)17-16(18(25-19)21(28)26-6-8-31-9-7-26)11-14(12-24-17)10-13-2-4-15(23)5-3-13/h2-10,16-17H,11-15,18H2,1H3;2-5,11-12,27H,6-10H2,1H3. The lowest BCUT2D eigenvalue weighted by molar-refractivity contribution is 0.0298. The van der Waals surface area contributed by atoms with E-state index in [2.05, 4.69) is 19.9 Å². The van der Waals surface area contributed by atoms with Crippen LogP contribution < -0.4 is 4.74 Å². The first-order chi connectivity index (χ1) is 33.5. The van der Waals surface area contributed by atoms with Crippen LogP contribution in [-0.4, -0.2) is 125 Å². The van der Waals surface area contributed by atoms with Crippen molar-refractivity contribution in [3.63, 3.8) is 0 Å². The third-order valence-corrected chi connectivity index (χ3v) is 11.4. The average molecular weight is 941 g/mol. The zero-order valence-electron chi connectivity index (χ0n) is 37.7. The van der Waals surface area contributed by atoms with E-state index < -0.39 is 17.7 Å². The largest absolute Gasteiger partial charge is 0.504 e. The van der Waals surface area contributed by atoms with Crippen molar-refractivity contribution < 1.29 is 56.7 Å². The molecule has 1 N–H and O–H groups in total. The van der Waals surface area contributed by atoms with E-state index in [1.807, 2.05) is 36.4 Å². The van der Waals surface area contributed by atoms with E-state index in [1.165, 1.54) is 37.6 Å². The monoisotopic (exact) mass is 940 g/mol. The van der Waals surface area contributed by atoms with Crippen LogP contribution in [-0.2, 0) is 38.4 Å². The summed E-state index contributed by atoms with van der Waals surface area (Å²) in [6.45, 7) is 3.39. The number of rotatable bonds is 11. The van der Waals surface area contributed by atoms with Gasteiger partial charge in [-0.15, -0.1) is 0 Å². The predicted octanol–water partition coefficient (Wildman–Crippen LogP) is 6.52. The minimum atomic E-state index is -0.868. The Morgan fingerprint density at radius 1 is 0.580 bits per heavy atom. The summed E-state index contributed by atoms with van der Waals surface area (Å²) in [5.74, 6) is -3.28. The number of fused-ring (bicyclic) bond motifs is 2. The third kappa shape index (κ3) is 11.1. The van der Waals surface area contributed by atoms with E-state index in [1.54, 1.807) is 46.3 Å². The first kappa shape index (κ1) is 47.5. The zero-order chi connectivity index (χ0) is 48.4. The molecule has 2 aliphatic heterocycles. The molecule has 0 atom stereocenters. The van der Waals surface area contributed by atoms with Gasteiger partial charge in [-0.05, 0) is 77.1 Å². The summed E-state index contributed by atoms with van der Waals surface area (Å²) in [6, 6.07) is 25.3. The molecular formula is C51H46F2N6O10. The Kier molecular flexibility index (Phi) is 15.0. The molecule has 3 aromatic carbocycles. The second-order valence-electron chi connectivity index (χ2n) is 15.9. The number of hydrogen-bond donors (Lipinski definition) is 1. The van der Waals surface area contributed by atoms with Gasteiger partial charge < -0.3 is 38.6 Å². The Morgan fingerprint density at radius 3 is 1.52 bits per heavy atom. The van der Waals surface area contributed by atoms with E-state index in [0.29, 0.717) is 81.7 Å². The van der Waals surface area contributed by atoms with Gasteiger partial charge in [-0.2, -0.15) is 0 Å². The Labute approximate surface area is 394 Å². The third-order valence-electron chi connectivity index (χ3n) is 11.4. The van der Waals surface area contributed by atoms with Crippen LogP contribution in [0.15, 0.2) is 103 Å². The van der Waals surface area contributed by atoms with E-state index >= 15 is 0 Å². The minimum absolute atomic E-state index is 0.00329. The van der Waals surface area contributed by atoms with Crippen molar-refractivity contribution >= 4 is 45.6 Å². The van der Waals surface area contributed by atoms with Crippen LogP contribution in [0, 0.1) is 11.6 Å². The molecule has 0 saturated carbocycles. The first-order valence-corrected chi connectivity index (χ1v) is 21.9. The van der Waals surface area contributed by atoms with Crippen LogP contribution in [0.4, 0.5) is 8.78 Å². The SMILES string of the molecule is COC(=O)c1nc(C(=O)N2CCOCC2)c2cc(Cc3ccc(F)cc3)cnc2c1O.COC(=O)c1nc(C(=O)N2CCOCC2)c2cc(Cc3ccc(F)cc3)cnc2c1OCc1ccccc1. The molecule has 0 aliphatic carbocycles. The number of halogens is 2. The molecule has 2 saturated heterocycles. The number of nitrogens with zero attached hydrogens (tertiary/aromatic N) is 6. The number of hydrogen-bond acceptors (Lipinski definition) is 14. The highest BCUT2D eigenvalue weighted by molar-refractivity contribution is 6.10. The topological polar surface area (TPSA) is 193 Å². The van der Waals surface area contributed by atoms with Gasteiger partial charge in [0, 0.05) is 49.3 Å². The normalized spacial score (nSPS) is 13.6. The number of carbonyl (C=O) groups is 4. The number of aromatic nitrogens is 4. The lowest BCUT2D eigenvalue weighted by Gasteiger charge is -2.27. The summed E-state index contributed by atoms with van der Waals surface area (Å²) in [5, 5.41) is 11.3. The fraction of sp³-hybridized carbons (Fsp3) is 0.255.